The second-order valence-corrected chi connectivity index (χ2v) is 4.64. The Morgan fingerprint density at radius 3 is 2.67 bits per heavy atom. The predicted molar refractivity (Wildman–Crippen MR) is 60.6 cm³/mol. The highest BCUT2D eigenvalue weighted by molar-refractivity contribution is 5.73. The van der Waals surface area contributed by atoms with E-state index in [4.69, 9.17) is 9.47 Å². The van der Waals surface area contributed by atoms with Crippen molar-refractivity contribution in [3.63, 3.8) is 0 Å². The fourth-order valence-corrected chi connectivity index (χ4v) is 2.54. The van der Waals surface area contributed by atoms with E-state index in [1.165, 1.54) is 0 Å². The minimum absolute atomic E-state index is 0.139. The van der Waals surface area contributed by atoms with E-state index in [2.05, 4.69) is 0 Å². The van der Waals surface area contributed by atoms with Crippen molar-refractivity contribution in [3.8, 4) is 0 Å². The first kappa shape index (κ1) is 11.6. The van der Waals surface area contributed by atoms with Crippen molar-refractivity contribution >= 4 is 5.97 Å². The smallest absolute Gasteiger partial charge is 0.309 e. The van der Waals surface area contributed by atoms with E-state index in [1.807, 2.05) is 6.07 Å². The monoisotopic (exact) mass is 250 g/mol. The minimum atomic E-state index is -0.989. The van der Waals surface area contributed by atoms with Gasteiger partial charge in [0.15, 0.2) is 6.10 Å². The van der Waals surface area contributed by atoms with Crippen LogP contribution < -0.4 is 0 Å². The molecule has 2 saturated heterocycles. The van der Waals surface area contributed by atoms with Gasteiger partial charge in [-0.2, -0.15) is 0 Å². The predicted octanol–water partition coefficient (Wildman–Crippen LogP) is 0.164. The fraction of sp³-hybridized carbons (Fsp3) is 0.462. The van der Waals surface area contributed by atoms with Gasteiger partial charge in [-0.05, 0) is 5.56 Å². The van der Waals surface area contributed by atoms with Gasteiger partial charge < -0.3 is 19.7 Å². The number of benzene rings is 1. The molecular formula is C13H14O5. The number of carbonyl (C=O) groups excluding carboxylic acids is 1. The van der Waals surface area contributed by atoms with Gasteiger partial charge in [-0.1, -0.05) is 30.3 Å². The largest absolute Gasteiger partial charge is 0.457 e. The van der Waals surface area contributed by atoms with Crippen LogP contribution in [0.2, 0.25) is 0 Å². The van der Waals surface area contributed by atoms with Crippen molar-refractivity contribution in [3.05, 3.63) is 35.9 Å². The number of fused-ring (bicyclic) bond motifs is 1. The van der Waals surface area contributed by atoms with Crippen molar-refractivity contribution in [1.29, 1.82) is 0 Å². The van der Waals surface area contributed by atoms with E-state index in [9.17, 15) is 15.0 Å². The van der Waals surface area contributed by atoms with E-state index in [1.54, 1.807) is 24.3 Å². The molecule has 5 heteroatoms. The Morgan fingerprint density at radius 1 is 1.28 bits per heavy atom. The molecule has 1 aromatic rings. The zero-order chi connectivity index (χ0) is 12.7. The Kier molecular flexibility index (Phi) is 2.81. The summed E-state index contributed by atoms with van der Waals surface area (Å²) in [5.74, 6) is -0.364. The van der Waals surface area contributed by atoms with Crippen LogP contribution in [-0.2, 0) is 14.3 Å². The molecule has 0 saturated carbocycles. The minimum Gasteiger partial charge on any atom is -0.457 e. The summed E-state index contributed by atoms with van der Waals surface area (Å²) in [6, 6.07) is 8.99. The van der Waals surface area contributed by atoms with Crippen molar-refractivity contribution in [2.45, 2.75) is 36.9 Å². The van der Waals surface area contributed by atoms with Crippen LogP contribution in [0.25, 0.3) is 0 Å². The maximum atomic E-state index is 11.1. The van der Waals surface area contributed by atoms with E-state index in [0.717, 1.165) is 0 Å². The molecule has 18 heavy (non-hydrogen) atoms. The van der Waals surface area contributed by atoms with Crippen LogP contribution >= 0.6 is 0 Å². The fourth-order valence-electron chi connectivity index (χ4n) is 2.54. The summed E-state index contributed by atoms with van der Waals surface area (Å²) in [6.07, 6.45) is -3.63. The molecule has 0 unspecified atom stereocenters. The summed E-state index contributed by atoms with van der Waals surface area (Å²) < 4.78 is 10.5. The normalized spacial score (nSPS) is 36.2. The first-order chi connectivity index (χ1) is 8.66. The number of aliphatic hydroxyl groups is 2. The Morgan fingerprint density at radius 2 is 2.00 bits per heavy atom. The summed E-state index contributed by atoms with van der Waals surface area (Å²) >= 11 is 0. The van der Waals surface area contributed by atoms with Crippen LogP contribution in [-0.4, -0.2) is 40.6 Å². The van der Waals surface area contributed by atoms with Crippen molar-refractivity contribution < 1.29 is 24.5 Å². The highest BCUT2D eigenvalue weighted by Gasteiger charge is 2.53. The topological polar surface area (TPSA) is 76.0 Å². The summed E-state index contributed by atoms with van der Waals surface area (Å²) in [5, 5.41) is 20.2. The molecule has 2 aliphatic rings. The van der Waals surface area contributed by atoms with E-state index >= 15 is 0 Å². The van der Waals surface area contributed by atoms with Crippen LogP contribution in [0.15, 0.2) is 30.3 Å². The number of esters is 1. The van der Waals surface area contributed by atoms with Crippen LogP contribution in [0.4, 0.5) is 0 Å². The van der Waals surface area contributed by atoms with Gasteiger partial charge in [0.1, 0.15) is 24.4 Å². The second-order valence-electron chi connectivity index (χ2n) is 4.64. The molecule has 2 aliphatic heterocycles. The van der Waals surface area contributed by atoms with Gasteiger partial charge in [-0.3, -0.25) is 4.79 Å². The van der Waals surface area contributed by atoms with Gasteiger partial charge in [-0.15, -0.1) is 0 Å². The molecule has 2 heterocycles. The van der Waals surface area contributed by atoms with Crippen molar-refractivity contribution in [2.24, 2.45) is 0 Å². The Bertz CT molecular complexity index is 446. The number of hydrogen-bond acceptors (Lipinski definition) is 5. The molecule has 2 fully saturated rings. The molecular weight excluding hydrogens is 236 g/mol. The molecule has 3 rings (SSSR count). The van der Waals surface area contributed by atoms with Gasteiger partial charge in [0, 0.05) is 0 Å². The highest BCUT2D eigenvalue weighted by atomic mass is 16.6. The van der Waals surface area contributed by atoms with Crippen LogP contribution in [0, 0.1) is 0 Å². The Labute approximate surface area is 104 Å². The quantitative estimate of drug-likeness (QED) is 0.731. The zero-order valence-corrected chi connectivity index (χ0v) is 9.60. The Balaban J connectivity index is 1.77. The third-order valence-electron chi connectivity index (χ3n) is 3.46. The lowest BCUT2D eigenvalue weighted by atomic mass is 9.99. The van der Waals surface area contributed by atoms with Crippen LogP contribution in [0.3, 0.4) is 0 Å². The second kappa shape index (κ2) is 4.35. The molecule has 96 valence electrons. The maximum Gasteiger partial charge on any atom is 0.309 e. The maximum absolute atomic E-state index is 11.1. The Hall–Kier alpha value is -1.43. The zero-order valence-electron chi connectivity index (χ0n) is 9.60. The first-order valence-electron chi connectivity index (χ1n) is 5.93. The molecule has 0 amide bonds. The van der Waals surface area contributed by atoms with Gasteiger partial charge in [0.05, 0.1) is 6.42 Å². The van der Waals surface area contributed by atoms with E-state index in [0.29, 0.717) is 5.56 Å². The van der Waals surface area contributed by atoms with Gasteiger partial charge in [0.25, 0.3) is 0 Å². The average molecular weight is 250 g/mol. The summed E-state index contributed by atoms with van der Waals surface area (Å²) in [6.45, 7) is 0. The number of carbonyl (C=O) groups is 1. The lowest BCUT2D eigenvalue weighted by Gasteiger charge is -2.22. The van der Waals surface area contributed by atoms with E-state index in [-0.39, 0.29) is 12.4 Å². The molecule has 5 nitrogen and oxygen atoms in total. The molecule has 0 spiro atoms. The summed E-state index contributed by atoms with van der Waals surface area (Å²) in [4.78, 5) is 11.1. The summed E-state index contributed by atoms with van der Waals surface area (Å²) in [7, 11) is 0. The molecule has 0 aromatic heterocycles. The van der Waals surface area contributed by atoms with Crippen LogP contribution in [0.1, 0.15) is 18.1 Å². The molecule has 0 bridgehead atoms. The van der Waals surface area contributed by atoms with Crippen molar-refractivity contribution in [2.75, 3.05) is 0 Å². The van der Waals surface area contributed by atoms with E-state index < -0.39 is 30.5 Å². The van der Waals surface area contributed by atoms with Crippen LogP contribution in [0.5, 0.6) is 0 Å². The SMILES string of the molecule is O=C1C[C@@H]2O[C@@H]([C@@H](O)c3ccccc3)[C@H](O)[C@@H]2O1. The third kappa shape index (κ3) is 1.80. The molecule has 5 atom stereocenters. The standard InChI is InChI=1S/C13H14O5/c14-9-6-8-12(18-9)11(16)13(17-8)10(15)7-4-2-1-3-5-7/h1-5,8,10-13,15-16H,6H2/t8-,10-,11+,12+,13-/m0/s1. The number of ether oxygens (including phenoxy) is 2. The summed E-state index contributed by atoms with van der Waals surface area (Å²) in [5.41, 5.74) is 0.674. The first-order valence-corrected chi connectivity index (χ1v) is 5.93. The molecule has 2 N–H and O–H groups in total. The van der Waals surface area contributed by atoms with Crippen molar-refractivity contribution in [1.82, 2.24) is 0 Å². The van der Waals surface area contributed by atoms with Gasteiger partial charge >= 0.3 is 5.97 Å². The number of rotatable bonds is 2. The lowest BCUT2D eigenvalue weighted by molar-refractivity contribution is -0.147. The lowest BCUT2D eigenvalue weighted by Crippen LogP contribution is -2.35. The number of hydrogen-bond donors (Lipinski definition) is 2. The average Bonchev–Trinajstić information content (AvgIpc) is 2.88. The molecule has 1 aromatic carbocycles. The molecule has 0 radical (unpaired) electrons. The highest BCUT2D eigenvalue weighted by Crippen LogP contribution is 2.36. The third-order valence-corrected chi connectivity index (χ3v) is 3.46. The van der Waals surface area contributed by atoms with Gasteiger partial charge in [0.2, 0.25) is 0 Å². The van der Waals surface area contributed by atoms with Gasteiger partial charge in [-0.25, -0.2) is 0 Å². The molecule has 0 aliphatic carbocycles. The number of aliphatic hydroxyl groups excluding tert-OH is 2.